The zero-order valence-electron chi connectivity index (χ0n) is 10.5. The monoisotopic (exact) mass is 331 g/mol. The van der Waals surface area contributed by atoms with Gasteiger partial charge in [0, 0.05) is 25.0 Å². The Morgan fingerprint density at radius 3 is 3.16 bits per heavy atom. The summed E-state index contributed by atoms with van der Waals surface area (Å²) in [5.74, 6) is 2.01. The molecule has 1 aromatic rings. The molecule has 1 aromatic heterocycles. The van der Waals surface area contributed by atoms with Crippen molar-refractivity contribution < 1.29 is 0 Å². The van der Waals surface area contributed by atoms with E-state index in [1.54, 1.807) is 23.5 Å². The van der Waals surface area contributed by atoms with Crippen LogP contribution in [-0.2, 0) is 6.54 Å². The summed E-state index contributed by atoms with van der Waals surface area (Å²) in [6.45, 7) is 3.87. The first-order chi connectivity index (χ1) is 9.19. The molecule has 102 valence electrons. The Morgan fingerprint density at radius 2 is 2.47 bits per heavy atom. The summed E-state index contributed by atoms with van der Waals surface area (Å²) >= 11 is 14.4. The first-order valence-corrected chi connectivity index (χ1v) is 8.68. The van der Waals surface area contributed by atoms with Crippen LogP contribution in [0.2, 0.25) is 5.15 Å². The topological polar surface area (TPSA) is 28.5 Å². The van der Waals surface area contributed by atoms with Crippen molar-refractivity contribution in [1.29, 1.82) is 0 Å². The van der Waals surface area contributed by atoms with Crippen molar-refractivity contribution in [3.63, 3.8) is 0 Å². The van der Waals surface area contributed by atoms with Gasteiger partial charge in [0.1, 0.15) is 5.15 Å². The van der Waals surface area contributed by atoms with Crippen LogP contribution in [-0.4, -0.2) is 37.4 Å². The minimum absolute atomic E-state index is 0.522. The normalized spacial score (nSPS) is 17.2. The number of thiocarbonyl (C=S) groups is 1. The molecular formula is C12H14ClN3S3. The Labute approximate surface area is 132 Å². The average Bonchev–Trinajstić information content (AvgIpc) is 2.80. The maximum absolute atomic E-state index is 5.79. The van der Waals surface area contributed by atoms with Gasteiger partial charge in [0.15, 0.2) is 9.49 Å². The lowest BCUT2D eigenvalue weighted by atomic mass is 10.3. The zero-order valence-corrected chi connectivity index (χ0v) is 13.7. The highest BCUT2D eigenvalue weighted by Gasteiger charge is 2.20. The molecule has 2 rings (SSSR count). The van der Waals surface area contributed by atoms with Crippen LogP contribution in [0, 0.1) is 0 Å². The molecule has 0 aliphatic carbocycles. The van der Waals surface area contributed by atoms with Crippen LogP contribution >= 0.6 is 47.3 Å². The van der Waals surface area contributed by atoms with Gasteiger partial charge in [0.2, 0.25) is 0 Å². The summed E-state index contributed by atoms with van der Waals surface area (Å²) in [4.78, 5) is 10.8. The smallest absolute Gasteiger partial charge is 0.166 e. The van der Waals surface area contributed by atoms with Crippen LogP contribution in [0.3, 0.4) is 0 Å². The number of amidine groups is 1. The highest BCUT2D eigenvalue weighted by atomic mass is 35.5. The molecule has 19 heavy (non-hydrogen) atoms. The number of halogens is 1. The number of rotatable bonds is 3. The van der Waals surface area contributed by atoms with Gasteiger partial charge in [0.05, 0.1) is 0 Å². The summed E-state index contributed by atoms with van der Waals surface area (Å²) in [5, 5.41) is 1.54. The lowest BCUT2D eigenvalue weighted by Gasteiger charge is -2.17. The second kappa shape index (κ2) is 7.47. The summed E-state index contributed by atoms with van der Waals surface area (Å²) in [6.07, 6.45) is 1.81. The van der Waals surface area contributed by atoms with E-state index in [1.807, 2.05) is 18.3 Å². The van der Waals surface area contributed by atoms with Crippen LogP contribution in [0.4, 0.5) is 0 Å². The van der Waals surface area contributed by atoms with E-state index < -0.39 is 0 Å². The highest BCUT2D eigenvalue weighted by molar-refractivity contribution is 8.23. The number of hydrogen-bond donors (Lipinski definition) is 0. The number of aliphatic imine (C=N–C) groups is 1. The van der Waals surface area contributed by atoms with E-state index in [1.165, 1.54) is 0 Å². The molecule has 0 amide bonds. The fourth-order valence-corrected chi connectivity index (χ4v) is 3.69. The van der Waals surface area contributed by atoms with E-state index >= 15 is 0 Å². The minimum atomic E-state index is 0.522. The van der Waals surface area contributed by atoms with Gasteiger partial charge in [-0.05, 0) is 17.4 Å². The molecule has 2 heterocycles. The van der Waals surface area contributed by atoms with Crippen molar-refractivity contribution in [3.05, 3.63) is 29.0 Å². The van der Waals surface area contributed by atoms with Crippen molar-refractivity contribution in [1.82, 2.24) is 9.88 Å². The first-order valence-electron chi connectivity index (χ1n) is 5.92. The lowest BCUT2D eigenvalue weighted by Crippen LogP contribution is -2.24. The van der Waals surface area contributed by atoms with E-state index in [9.17, 15) is 0 Å². The Kier molecular flexibility index (Phi) is 5.94. The fourth-order valence-electron chi connectivity index (χ4n) is 1.64. The van der Waals surface area contributed by atoms with Crippen molar-refractivity contribution in [2.24, 2.45) is 4.99 Å². The molecule has 0 unspecified atom stereocenters. The zero-order chi connectivity index (χ0) is 13.7. The number of hydrogen-bond acceptors (Lipinski definition) is 4. The number of thioether (sulfide) groups is 2. The Bertz CT molecular complexity index is 476. The maximum Gasteiger partial charge on any atom is 0.166 e. The minimum Gasteiger partial charge on any atom is -0.346 e. The van der Waals surface area contributed by atoms with E-state index in [2.05, 4.69) is 21.8 Å². The fraction of sp³-hybridized carbons (Fsp3) is 0.417. The Morgan fingerprint density at radius 1 is 1.63 bits per heavy atom. The molecule has 1 aliphatic rings. The third-order valence-corrected chi connectivity index (χ3v) is 4.77. The number of nitrogens with zero attached hydrogens (tertiary/aromatic N) is 3. The molecule has 0 bridgehead atoms. The van der Waals surface area contributed by atoms with Crippen molar-refractivity contribution in [3.8, 4) is 0 Å². The molecule has 0 N–H and O–H groups in total. The highest BCUT2D eigenvalue weighted by Crippen LogP contribution is 2.22. The molecule has 7 heteroatoms. The molecule has 0 aromatic carbocycles. The van der Waals surface area contributed by atoms with Crippen LogP contribution in [0.25, 0.3) is 0 Å². The SMILES string of the molecule is CCSC(=S)N=C1SCCN1Cc1ccc(Cl)nc1. The van der Waals surface area contributed by atoms with Crippen LogP contribution in [0.5, 0.6) is 0 Å². The van der Waals surface area contributed by atoms with Crippen LogP contribution in [0.1, 0.15) is 12.5 Å². The van der Waals surface area contributed by atoms with E-state index in [0.29, 0.717) is 9.47 Å². The van der Waals surface area contributed by atoms with Gasteiger partial charge in [0.25, 0.3) is 0 Å². The van der Waals surface area contributed by atoms with Crippen molar-refractivity contribution in [2.45, 2.75) is 13.5 Å². The van der Waals surface area contributed by atoms with Gasteiger partial charge in [-0.25, -0.2) is 9.98 Å². The van der Waals surface area contributed by atoms with Crippen molar-refractivity contribution >= 4 is 56.8 Å². The third-order valence-electron chi connectivity index (χ3n) is 2.48. The molecule has 0 atom stereocenters. The van der Waals surface area contributed by atoms with Crippen LogP contribution < -0.4 is 0 Å². The molecule has 1 fully saturated rings. The van der Waals surface area contributed by atoms with E-state index in [0.717, 1.165) is 35.3 Å². The Hall–Kier alpha value is -0.300. The standard InChI is InChI=1S/C12H14ClN3S3/c1-2-18-12(17)15-11-16(5-6-19-11)8-9-3-4-10(13)14-7-9/h3-4,7H,2,5-6,8H2,1H3. The quantitative estimate of drug-likeness (QED) is 0.622. The van der Waals surface area contributed by atoms with E-state index in [4.69, 9.17) is 23.8 Å². The van der Waals surface area contributed by atoms with Gasteiger partial charge in [-0.15, -0.1) is 0 Å². The summed E-state index contributed by atoms with van der Waals surface area (Å²) < 4.78 is 0.714. The van der Waals surface area contributed by atoms with Gasteiger partial charge in [-0.3, -0.25) is 0 Å². The van der Waals surface area contributed by atoms with Gasteiger partial charge >= 0.3 is 0 Å². The second-order valence-electron chi connectivity index (χ2n) is 3.85. The Balaban J connectivity index is 2.02. The third kappa shape index (κ3) is 4.63. The maximum atomic E-state index is 5.79. The predicted octanol–water partition coefficient (Wildman–Crippen LogP) is 3.68. The molecule has 3 nitrogen and oxygen atoms in total. The molecular weight excluding hydrogens is 318 g/mol. The van der Waals surface area contributed by atoms with Gasteiger partial charge in [-0.2, -0.15) is 0 Å². The predicted molar refractivity (Wildman–Crippen MR) is 90.3 cm³/mol. The molecule has 0 radical (unpaired) electrons. The summed E-state index contributed by atoms with van der Waals surface area (Å²) in [7, 11) is 0. The molecule has 0 saturated carbocycles. The summed E-state index contributed by atoms with van der Waals surface area (Å²) in [6, 6.07) is 3.81. The molecule has 1 saturated heterocycles. The molecule has 0 spiro atoms. The van der Waals surface area contributed by atoms with E-state index in [-0.39, 0.29) is 0 Å². The average molecular weight is 332 g/mol. The summed E-state index contributed by atoms with van der Waals surface area (Å²) in [5.41, 5.74) is 1.13. The second-order valence-corrected chi connectivity index (χ2v) is 7.20. The largest absolute Gasteiger partial charge is 0.346 e. The lowest BCUT2D eigenvalue weighted by molar-refractivity contribution is 0.457. The first kappa shape index (κ1) is 15.1. The van der Waals surface area contributed by atoms with Gasteiger partial charge < -0.3 is 4.90 Å². The van der Waals surface area contributed by atoms with Crippen molar-refractivity contribution in [2.75, 3.05) is 18.1 Å². The number of pyridine rings is 1. The molecule has 1 aliphatic heterocycles. The van der Waals surface area contributed by atoms with Crippen LogP contribution in [0.15, 0.2) is 23.3 Å². The van der Waals surface area contributed by atoms with Gasteiger partial charge in [-0.1, -0.05) is 60.3 Å². The number of aromatic nitrogens is 1.